The zero-order valence-electron chi connectivity index (χ0n) is 32.2. The molecule has 5 aromatic carbocycles. The van der Waals surface area contributed by atoms with E-state index in [9.17, 15) is 5.11 Å². The summed E-state index contributed by atoms with van der Waals surface area (Å²) in [6.45, 7) is 1.98. The van der Waals surface area contributed by atoms with Crippen LogP contribution in [0.15, 0.2) is 155 Å². The lowest BCUT2D eigenvalue weighted by atomic mass is 9.90. The maximum Gasteiger partial charge on any atom is 0.229 e. The smallest absolute Gasteiger partial charge is 0.229 e. The molecular formula is C47H50O8S2. The van der Waals surface area contributed by atoms with Crippen LogP contribution in [0.3, 0.4) is 0 Å². The van der Waals surface area contributed by atoms with Crippen molar-refractivity contribution in [2.75, 3.05) is 31.8 Å². The molecule has 298 valence electrons. The van der Waals surface area contributed by atoms with Gasteiger partial charge in [-0.3, -0.25) is 0 Å². The highest BCUT2D eigenvalue weighted by atomic mass is 32.2. The van der Waals surface area contributed by atoms with E-state index in [0.29, 0.717) is 24.7 Å². The zero-order chi connectivity index (χ0) is 39.1. The van der Waals surface area contributed by atoms with E-state index >= 15 is 0 Å². The van der Waals surface area contributed by atoms with Gasteiger partial charge in [0.15, 0.2) is 0 Å². The molecule has 1 N–H and O–H groups in total. The molecule has 0 amide bonds. The molecule has 57 heavy (non-hydrogen) atoms. The standard InChI is InChI=1S/C47H50O8S2/c1-49-40-24-22-39(23-25-40)29-51-34-42-46(57-27-26-56-42)47(48)45(54-32-38-20-12-5-13-21-38)44(53-31-37-18-10-4-11-19-37)43(52-30-36-16-8-3-9-17-36)41(55-47)33-50-28-35-14-6-2-7-15-35/h2-25,41,43-45,48H,26-34H2,1H3/t41-,43-,44+,45+,47-/m1/s1. The minimum Gasteiger partial charge on any atom is -0.497 e. The SMILES string of the molecule is COc1ccc(COCC2=C([C@]3(O)O[C@H](COCc4ccccc4)[C@@H](OCc4ccccc4)[C@H](OCc4ccccc4)[C@@H]3OCc3ccccc3)SCCS2)cc1. The Kier molecular flexibility index (Phi) is 15.3. The molecule has 0 bridgehead atoms. The average Bonchev–Trinajstić information content (AvgIpc) is 3.27. The number of hydrogen-bond donors (Lipinski definition) is 1. The predicted molar refractivity (Wildman–Crippen MR) is 226 cm³/mol. The van der Waals surface area contributed by atoms with E-state index in [1.165, 1.54) is 0 Å². The third-order valence-corrected chi connectivity index (χ3v) is 12.5. The van der Waals surface area contributed by atoms with Gasteiger partial charge in [0.25, 0.3) is 0 Å². The van der Waals surface area contributed by atoms with Crippen LogP contribution < -0.4 is 4.74 Å². The fourth-order valence-corrected chi connectivity index (χ4v) is 9.39. The summed E-state index contributed by atoms with van der Waals surface area (Å²) in [7, 11) is 1.65. The summed E-state index contributed by atoms with van der Waals surface area (Å²) < 4.78 is 45.6. The van der Waals surface area contributed by atoms with Crippen LogP contribution >= 0.6 is 23.5 Å². The zero-order valence-corrected chi connectivity index (χ0v) is 33.8. The molecule has 0 spiro atoms. The van der Waals surface area contributed by atoms with E-state index in [0.717, 1.165) is 50.0 Å². The van der Waals surface area contributed by atoms with Crippen molar-refractivity contribution in [3.05, 3.63) is 183 Å². The maximum atomic E-state index is 13.3. The van der Waals surface area contributed by atoms with Gasteiger partial charge < -0.3 is 38.3 Å². The summed E-state index contributed by atoms with van der Waals surface area (Å²) in [5, 5.41) is 13.3. The van der Waals surface area contributed by atoms with Gasteiger partial charge >= 0.3 is 0 Å². The molecule has 7 rings (SSSR count). The molecule has 5 atom stereocenters. The van der Waals surface area contributed by atoms with Crippen LogP contribution in [0, 0.1) is 0 Å². The Morgan fingerprint density at radius 1 is 0.544 bits per heavy atom. The van der Waals surface area contributed by atoms with Gasteiger partial charge in [0.05, 0.1) is 58.3 Å². The molecule has 0 aliphatic carbocycles. The molecule has 5 aromatic rings. The van der Waals surface area contributed by atoms with E-state index in [-0.39, 0.29) is 26.4 Å². The second-order valence-corrected chi connectivity index (χ2v) is 16.2. The molecule has 1 saturated heterocycles. The molecule has 1 fully saturated rings. The number of benzene rings is 5. The van der Waals surface area contributed by atoms with Gasteiger partial charge in [-0.05, 0) is 39.9 Å². The van der Waals surface area contributed by atoms with E-state index in [2.05, 4.69) is 0 Å². The van der Waals surface area contributed by atoms with E-state index in [4.69, 9.17) is 33.2 Å². The van der Waals surface area contributed by atoms with Gasteiger partial charge in [0, 0.05) is 16.4 Å². The molecule has 0 aromatic heterocycles. The largest absolute Gasteiger partial charge is 0.497 e. The molecule has 0 unspecified atom stereocenters. The van der Waals surface area contributed by atoms with E-state index in [1.54, 1.807) is 30.6 Å². The molecular weight excluding hydrogens is 757 g/mol. The summed E-state index contributed by atoms with van der Waals surface area (Å²) in [5.41, 5.74) is 5.00. The van der Waals surface area contributed by atoms with E-state index < -0.39 is 30.2 Å². The van der Waals surface area contributed by atoms with Crippen molar-refractivity contribution >= 4 is 23.5 Å². The first-order chi connectivity index (χ1) is 28.1. The molecule has 0 saturated carbocycles. The number of aliphatic hydroxyl groups is 1. The summed E-state index contributed by atoms with van der Waals surface area (Å²) in [4.78, 5) is 1.56. The van der Waals surface area contributed by atoms with Crippen LogP contribution in [0.4, 0.5) is 0 Å². The lowest BCUT2D eigenvalue weighted by molar-refractivity contribution is -0.353. The molecule has 0 radical (unpaired) electrons. The normalized spacial score (nSPS) is 22.4. The number of methoxy groups -OCH3 is 1. The Bertz CT molecular complexity index is 1950. The van der Waals surface area contributed by atoms with Crippen molar-refractivity contribution in [3.63, 3.8) is 0 Å². The predicted octanol–water partition coefficient (Wildman–Crippen LogP) is 8.96. The van der Waals surface area contributed by atoms with Crippen molar-refractivity contribution in [1.29, 1.82) is 0 Å². The number of hydrogen-bond acceptors (Lipinski definition) is 10. The maximum absolute atomic E-state index is 13.3. The fraction of sp³-hybridized carbons (Fsp3) is 0.319. The Balaban J connectivity index is 1.25. The van der Waals surface area contributed by atoms with Crippen molar-refractivity contribution < 1.29 is 38.3 Å². The van der Waals surface area contributed by atoms with Crippen LogP contribution in [0.5, 0.6) is 5.75 Å². The molecule has 2 heterocycles. The Morgan fingerprint density at radius 2 is 1.02 bits per heavy atom. The molecule has 10 heteroatoms. The van der Waals surface area contributed by atoms with Gasteiger partial charge in [0.2, 0.25) is 5.79 Å². The molecule has 2 aliphatic heterocycles. The number of thioether (sulfide) groups is 2. The third kappa shape index (κ3) is 11.4. The third-order valence-electron chi connectivity index (χ3n) is 9.79. The second-order valence-electron chi connectivity index (χ2n) is 13.9. The minimum atomic E-state index is -1.93. The quantitative estimate of drug-likeness (QED) is 0.0874. The van der Waals surface area contributed by atoms with Crippen molar-refractivity contribution in [3.8, 4) is 5.75 Å². The topological polar surface area (TPSA) is 84.8 Å². The minimum absolute atomic E-state index is 0.141. The highest BCUT2D eigenvalue weighted by Crippen LogP contribution is 2.48. The summed E-state index contributed by atoms with van der Waals surface area (Å²) >= 11 is 3.25. The van der Waals surface area contributed by atoms with Crippen LogP contribution in [-0.2, 0) is 61.5 Å². The first-order valence-corrected chi connectivity index (χ1v) is 21.2. The highest BCUT2D eigenvalue weighted by Gasteiger charge is 2.59. The first kappa shape index (κ1) is 41.2. The van der Waals surface area contributed by atoms with Crippen LogP contribution in [0.25, 0.3) is 0 Å². The van der Waals surface area contributed by atoms with Crippen molar-refractivity contribution in [2.45, 2.75) is 63.2 Å². The molecule has 2 aliphatic rings. The average molecular weight is 807 g/mol. The summed E-state index contributed by atoms with van der Waals surface area (Å²) in [5.74, 6) is 0.498. The van der Waals surface area contributed by atoms with Gasteiger partial charge in [0.1, 0.15) is 30.2 Å². The first-order valence-electron chi connectivity index (χ1n) is 19.3. The Labute approximate surface area is 344 Å². The van der Waals surface area contributed by atoms with E-state index in [1.807, 2.05) is 146 Å². The number of rotatable bonds is 19. The Morgan fingerprint density at radius 3 is 1.58 bits per heavy atom. The van der Waals surface area contributed by atoms with Gasteiger partial charge in [-0.25, -0.2) is 0 Å². The number of ether oxygens (including phenoxy) is 7. The summed E-state index contributed by atoms with van der Waals surface area (Å²) in [6, 6.07) is 47.9. The van der Waals surface area contributed by atoms with Gasteiger partial charge in [-0.2, -0.15) is 0 Å². The lowest BCUT2D eigenvalue weighted by Crippen LogP contribution is -2.67. The van der Waals surface area contributed by atoms with Crippen LogP contribution in [-0.4, -0.2) is 67.1 Å². The van der Waals surface area contributed by atoms with Crippen molar-refractivity contribution in [1.82, 2.24) is 0 Å². The van der Waals surface area contributed by atoms with Gasteiger partial charge in [-0.1, -0.05) is 133 Å². The fourth-order valence-electron chi connectivity index (χ4n) is 6.88. The van der Waals surface area contributed by atoms with Gasteiger partial charge in [-0.15, -0.1) is 23.5 Å². The van der Waals surface area contributed by atoms with Crippen LogP contribution in [0.1, 0.15) is 27.8 Å². The van der Waals surface area contributed by atoms with Crippen LogP contribution in [0.2, 0.25) is 0 Å². The van der Waals surface area contributed by atoms with Crippen molar-refractivity contribution in [2.24, 2.45) is 0 Å². The summed E-state index contributed by atoms with van der Waals surface area (Å²) in [6.07, 6.45) is -3.18. The Hall–Kier alpha value is -3.94. The monoisotopic (exact) mass is 806 g/mol. The molecule has 8 nitrogen and oxygen atoms in total. The lowest BCUT2D eigenvalue weighted by Gasteiger charge is -2.51. The second kappa shape index (κ2) is 21.2. The highest BCUT2D eigenvalue weighted by molar-refractivity contribution is 8.10.